The minimum atomic E-state index is -0.233. The highest BCUT2D eigenvalue weighted by molar-refractivity contribution is 5.78. The fourth-order valence-electron chi connectivity index (χ4n) is 1.52. The molecule has 16 heavy (non-hydrogen) atoms. The Morgan fingerprint density at radius 3 is 2.94 bits per heavy atom. The Balaban J connectivity index is 1.99. The first kappa shape index (κ1) is 10.9. The molecule has 0 aliphatic heterocycles. The van der Waals surface area contributed by atoms with Crippen LogP contribution in [0.5, 0.6) is 0 Å². The summed E-state index contributed by atoms with van der Waals surface area (Å²) in [5.74, 6) is 0.211. The Hall–Kier alpha value is -1.58. The number of hydrogen-bond acceptors (Lipinski definition) is 1. The van der Waals surface area contributed by atoms with Gasteiger partial charge in [0.25, 0.3) is 0 Å². The van der Waals surface area contributed by atoms with E-state index in [4.69, 9.17) is 5.73 Å². The lowest BCUT2D eigenvalue weighted by molar-refractivity contribution is 0.617. The van der Waals surface area contributed by atoms with Crippen LogP contribution in [-0.4, -0.2) is 12.0 Å². The summed E-state index contributed by atoms with van der Waals surface area (Å²) < 4.78 is 13.0. The number of guanidine groups is 1. The average molecular weight is 221 g/mol. The van der Waals surface area contributed by atoms with Gasteiger partial charge >= 0.3 is 0 Å². The summed E-state index contributed by atoms with van der Waals surface area (Å²) in [7, 11) is 0. The average Bonchev–Trinajstić information content (AvgIpc) is 3.01. The number of halogens is 1. The van der Waals surface area contributed by atoms with Crippen molar-refractivity contribution in [3.05, 3.63) is 35.6 Å². The number of benzene rings is 1. The molecule has 86 valence electrons. The molecule has 1 aromatic carbocycles. The lowest BCUT2D eigenvalue weighted by Gasteiger charge is -2.14. The first-order chi connectivity index (χ1) is 7.65. The Morgan fingerprint density at radius 1 is 1.56 bits per heavy atom. The van der Waals surface area contributed by atoms with Crippen LogP contribution in [0.25, 0.3) is 0 Å². The largest absolute Gasteiger partial charge is 0.370 e. The Kier molecular flexibility index (Phi) is 3.08. The van der Waals surface area contributed by atoms with Crippen LogP contribution in [0.3, 0.4) is 0 Å². The summed E-state index contributed by atoms with van der Waals surface area (Å²) in [4.78, 5) is 4.27. The van der Waals surface area contributed by atoms with Gasteiger partial charge in [0.2, 0.25) is 0 Å². The van der Waals surface area contributed by atoms with Crippen molar-refractivity contribution < 1.29 is 4.39 Å². The summed E-state index contributed by atoms with van der Waals surface area (Å²) in [6, 6.07) is 6.85. The van der Waals surface area contributed by atoms with Crippen LogP contribution in [0.1, 0.15) is 31.4 Å². The van der Waals surface area contributed by atoms with Crippen molar-refractivity contribution in [2.24, 2.45) is 10.7 Å². The maximum atomic E-state index is 13.0. The third kappa shape index (κ3) is 2.95. The van der Waals surface area contributed by atoms with Gasteiger partial charge < -0.3 is 11.1 Å². The van der Waals surface area contributed by atoms with E-state index in [0.29, 0.717) is 12.0 Å². The third-order valence-corrected chi connectivity index (χ3v) is 2.58. The monoisotopic (exact) mass is 221 g/mol. The second-order valence-corrected chi connectivity index (χ2v) is 4.17. The Morgan fingerprint density at radius 2 is 2.31 bits per heavy atom. The maximum Gasteiger partial charge on any atom is 0.189 e. The molecule has 0 spiro atoms. The fourth-order valence-corrected chi connectivity index (χ4v) is 1.52. The van der Waals surface area contributed by atoms with E-state index in [-0.39, 0.29) is 11.9 Å². The van der Waals surface area contributed by atoms with Crippen LogP contribution < -0.4 is 11.1 Å². The van der Waals surface area contributed by atoms with Gasteiger partial charge in [-0.15, -0.1) is 0 Å². The lowest BCUT2D eigenvalue weighted by Crippen LogP contribution is -2.34. The van der Waals surface area contributed by atoms with E-state index in [1.807, 2.05) is 13.0 Å². The van der Waals surface area contributed by atoms with Crippen LogP contribution >= 0.6 is 0 Å². The van der Waals surface area contributed by atoms with E-state index < -0.39 is 0 Å². The van der Waals surface area contributed by atoms with E-state index in [0.717, 1.165) is 18.4 Å². The van der Waals surface area contributed by atoms with Gasteiger partial charge in [-0.05, 0) is 37.5 Å². The van der Waals surface area contributed by atoms with E-state index in [1.165, 1.54) is 12.1 Å². The molecule has 1 aliphatic carbocycles. The number of nitrogens with zero attached hydrogens (tertiary/aromatic N) is 1. The molecule has 0 heterocycles. The van der Waals surface area contributed by atoms with Gasteiger partial charge in [-0.25, -0.2) is 4.39 Å². The SMILES string of the molecule is CC(NC(N)=NC1CC1)c1cccc(F)c1. The third-order valence-electron chi connectivity index (χ3n) is 2.58. The topological polar surface area (TPSA) is 50.4 Å². The molecule has 0 bridgehead atoms. The van der Waals surface area contributed by atoms with Crippen molar-refractivity contribution in [2.45, 2.75) is 31.8 Å². The van der Waals surface area contributed by atoms with E-state index in [2.05, 4.69) is 10.3 Å². The summed E-state index contributed by atoms with van der Waals surface area (Å²) in [5, 5.41) is 3.06. The van der Waals surface area contributed by atoms with Crippen LogP contribution in [0.15, 0.2) is 29.3 Å². The Labute approximate surface area is 94.6 Å². The molecule has 1 saturated carbocycles. The van der Waals surface area contributed by atoms with Gasteiger partial charge in [0.05, 0.1) is 12.1 Å². The number of nitrogens with one attached hydrogen (secondary N) is 1. The molecule has 1 unspecified atom stereocenters. The van der Waals surface area contributed by atoms with E-state index in [1.54, 1.807) is 6.07 Å². The fraction of sp³-hybridized carbons (Fsp3) is 0.417. The smallest absolute Gasteiger partial charge is 0.189 e. The lowest BCUT2D eigenvalue weighted by atomic mass is 10.1. The number of nitrogens with two attached hydrogens (primary N) is 1. The van der Waals surface area contributed by atoms with Gasteiger partial charge in [-0.3, -0.25) is 4.99 Å². The standard InChI is InChI=1S/C12H16FN3/c1-8(9-3-2-4-10(13)7-9)15-12(14)16-11-5-6-11/h2-4,7-8,11H,5-6H2,1H3,(H3,14,15,16). The van der Waals surface area contributed by atoms with E-state index >= 15 is 0 Å². The molecule has 1 aliphatic rings. The molecule has 0 saturated heterocycles. The second-order valence-electron chi connectivity index (χ2n) is 4.17. The first-order valence-electron chi connectivity index (χ1n) is 5.50. The quantitative estimate of drug-likeness (QED) is 0.605. The molecule has 0 aromatic heterocycles. The predicted octanol–water partition coefficient (Wildman–Crippen LogP) is 1.95. The second kappa shape index (κ2) is 4.51. The molecular formula is C12H16FN3. The highest BCUT2D eigenvalue weighted by Gasteiger charge is 2.20. The zero-order chi connectivity index (χ0) is 11.5. The highest BCUT2D eigenvalue weighted by atomic mass is 19.1. The Bertz CT molecular complexity index is 399. The predicted molar refractivity (Wildman–Crippen MR) is 62.6 cm³/mol. The number of aliphatic imine (C=N–C) groups is 1. The molecular weight excluding hydrogens is 205 g/mol. The summed E-state index contributed by atoms with van der Waals surface area (Å²) in [5.41, 5.74) is 6.61. The maximum absolute atomic E-state index is 13.0. The van der Waals surface area contributed by atoms with Gasteiger partial charge in [0.15, 0.2) is 5.96 Å². The highest BCUT2D eigenvalue weighted by Crippen LogP contribution is 2.23. The van der Waals surface area contributed by atoms with Crippen LogP contribution in [0.2, 0.25) is 0 Å². The van der Waals surface area contributed by atoms with Crippen molar-refractivity contribution in [1.82, 2.24) is 5.32 Å². The van der Waals surface area contributed by atoms with Crippen molar-refractivity contribution >= 4 is 5.96 Å². The van der Waals surface area contributed by atoms with Crippen molar-refractivity contribution in [2.75, 3.05) is 0 Å². The molecule has 1 atom stereocenters. The summed E-state index contributed by atoms with van der Waals surface area (Å²) in [6.07, 6.45) is 2.24. The van der Waals surface area contributed by atoms with Gasteiger partial charge in [-0.1, -0.05) is 12.1 Å². The zero-order valence-electron chi connectivity index (χ0n) is 9.28. The first-order valence-corrected chi connectivity index (χ1v) is 5.50. The van der Waals surface area contributed by atoms with Crippen molar-refractivity contribution in [3.8, 4) is 0 Å². The van der Waals surface area contributed by atoms with Crippen LogP contribution in [0, 0.1) is 5.82 Å². The normalized spacial score (nSPS) is 18.2. The molecule has 4 heteroatoms. The number of hydrogen-bond donors (Lipinski definition) is 2. The molecule has 3 nitrogen and oxygen atoms in total. The molecule has 0 radical (unpaired) electrons. The van der Waals surface area contributed by atoms with Crippen LogP contribution in [-0.2, 0) is 0 Å². The molecule has 3 N–H and O–H groups in total. The zero-order valence-corrected chi connectivity index (χ0v) is 9.28. The molecule has 2 rings (SSSR count). The minimum absolute atomic E-state index is 0.0294. The summed E-state index contributed by atoms with van der Waals surface area (Å²) >= 11 is 0. The van der Waals surface area contributed by atoms with Crippen molar-refractivity contribution in [1.29, 1.82) is 0 Å². The number of rotatable bonds is 3. The molecule has 0 amide bonds. The van der Waals surface area contributed by atoms with Gasteiger partial charge in [0, 0.05) is 0 Å². The molecule has 1 aromatic rings. The molecule has 1 fully saturated rings. The van der Waals surface area contributed by atoms with Gasteiger partial charge in [-0.2, -0.15) is 0 Å². The summed E-state index contributed by atoms with van der Waals surface area (Å²) in [6.45, 7) is 1.93. The van der Waals surface area contributed by atoms with Gasteiger partial charge in [0.1, 0.15) is 5.82 Å². The van der Waals surface area contributed by atoms with Crippen molar-refractivity contribution in [3.63, 3.8) is 0 Å². The van der Waals surface area contributed by atoms with Crippen LogP contribution in [0.4, 0.5) is 4.39 Å². The minimum Gasteiger partial charge on any atom is -0.370 e. The van der Waals surface area contributed by atoms with E-state index in [9.17, 15) is 4.39 Å².